The van der Waals surface area contributed by atoms with E-state index in [2.05, 4.69) is 10.2 Å². The summed E-state index contributed by atoms with van der Waals surface area (Å²) in [5.41, 5.74) is -1.64. The van der Waals surface area contributed by atoms with Crippen LogP contribution < -0.4 is 5.32 Å². The summed E-state index contributed by atoms with van der Waals surface area (Å²) in [6.45, 7) is 4.11. The molecule has 0 unspecified atom stereocenters. The summed E-state index contributed by atoms with van der Waals surface area (Å²) in [5, 5.41) is 25.5. The molecule has 0 aromatic heterocycles. The Morgan fingerprint density at radius 3 is 2.45 bits per heavy atom. The first-order valence-electron chi connectivity index (χ1n) is 11.3. The number of hydrogen-bond acceptors (Lipinski definition) is 7. The van der Waals surface area contributed by atoms with Gasteiger partial charge in [-0.05, 0) is 25.0 Å². The number of sulfonamides is 1. The minimum absolute atomic E-state index is 0.105. The molecular formula is C22H35N3O5S. The number of aliphatic hydroxyl groups is 2. The van der Waals surface area contributed by atoms with Crippen LogP contribution in [0, 0.1) is 0 Å². The molecule has 3 N–H and O–H groups in total. The van der Waals surface area contributed by atoms with Crippen molar-refractivity contribution >= 4 is 10.0 Å². The van der Waals surface area contributed by atoms with Crippen LogP contribution in [0.15, 0.2) is 35.2 Å². The topological polar surface area (TPSA) is 102 Å². The fraction of sp³-hybridized carbons (Fsp3) is 0.727. The largest absolute Gasteiger partial charge is 0.389 e. The van der Waals surface area contributed by atoms with Gasteiger partial charge in [0.05, 0.1) is 24.2 Å². The molecule has 2 atom stereocenters. The van der Waals surface area contributed by atoms with Gasteiger partial charge in [0.2, 0.25) is 10.0 Å². The summed E-state index contributed by atoms with van der Waals surface area (Å²) < 4.78 is 32.6. The van der Waals surface area contributed by atoms with Gasteiger partial charge in [-0.3, -0.25) is 4.90 Å². The van der Waals surface area contributed by atoms with Gasteiger partial charge in [-0.1, -0.05) is 37.5 Å². The van der Waals surface area contributed by atoms with Crippen LogP contribution >= 0.6 is 0 Å². The molecule has 1 saturated carbocycles. The molecule has 1 aliphatic carbocycles. The smallest absolute Gasteiger partial charge is 0.243 e. The normalized spacial score (nSPS) is 30.5. The first-order valence-corrected chi connectivity index (χ1v) is 12.8. The third-order valence-corrected chi connectivity index (χ3v) is 8.86. The van der Waals surface area contributed by atoms with Gasteiger partial charge in [0.25, 0.3) is 0 Å². The SMILES string of the molecule is O=S(=O)(c1ccccc1)N1C[C@@H](O)[C@](O)(CNC2(CN3CCOCC3)CCCCC2)C1. The Hall–Kier alpha value is -1.07. The van der Waals surface area contributed by atoms with Crippen LogP contribution in [-0.4, -0.2) is 97.6 Å². The minimum atomic E-state index is -3.76. The van der Waals surface area contributed by atoms with Crippen molar-refractivity contribution in [2.45, 2.75) is 54.2 Å². The molecule has 3 aliphatic rings. The van der Waals surface area contributed by atoms with E-state index in [1.165, 1.54) is 22.9 Å². The van der Waals surface area contributed by atoms with Gasteiger partial charge < -0.3 is 20.3 Å². The summed E-state index contributed by atoms with van der Waals surface area (Å²) in [4.78, 5) is 2.58. The maximum absolute atomic E-state index is 13.0. The number of ether oxygens (including phenoxy) is 1. The molecule has 4 rings (SSSR count). The maximum Gasteiger partial charge on any atom is 0.243 e. The fourth-order valence-electron chi connectivity index (χ4n) is 5.08. The minimum Gasteiger partial charge on any atom is -0.389 e. The van der Waals surface area contributed by atoms with Gasteiger partial charge in [-0.15, -0.1) is 0 Å². The lowest BCUT2D eigenvalue weighted by molar-refractivity contribution is -0.0479. The molecule has 0 radical (unpaired) electrons. The maximum atomic E-state index is 13.0. The van der Waals surface area contributed by atoms with E-state index in [0.29, 0.717) is 0 Å². The Balaban J connectivity index is 1.44. The van der Waals surface area contributed by atoms with Gasteiger partial charge in [-0.2, -0.15) is 4.31 Å². The fourth-order valence-corrected chi connectivity index (χ4v) is 6.61. The highest BCUT2D eigenvalue weighted by molar-refractivity contribution is 7.89. The molecular weight excluding hydrogens is 418 g/mol. The summed E-state index contributed by atoms with van der Waals surface area (Å²) in [6.07, 6.45) is 4.37. The lowest BCUT2D eigenvalue weighted by atomic mass is 9.80. The first kappa shape index (κ1) is 23.1. The number of morpholine rings is 1. The van der Waals surface area contributed by atoms with Gasteiger partial charge >= 0.3 is 0 Å². The highest BCUT2D eigenvalue weighted by Gasteiger charge is 2.49. The van der Waals surface area contributed by atoms with Gasteiger partial charge in [0.15, 0.2) is 0 Å². The van der Waals surface area contributed by atoms with Crippen molar-refractivity contribution in [1.29, 1.82) is 0 Å². The van der Waals surface area contributed by atoms with Crippen molar-refractivity contribution in [2.75, 3.05) is 52.5 Å². The summed E-state index contributed by atoms with van der Waals surface area (Å²) >= 11 is 0. The van der Waals surface area contributed by atoms with Crippen LogP contribution in [0.2, 0.25) is 0 Å². The van der Waals surface area contributed by atoms with E-state index < -0.39 is 21.7 Å². The van der Waals surface area contributed by atoms with E-state index in [0.717, 1.165) is 58.5 Å². The second kappa shape index (κ2) is 9.43. The second-order valence-corrected chi connectivity index (χ2v) is 11.3. The van der Waals surface area contributed by atoms with Gasteiger partial charge in [0.1, 0.15) is 5.60 Å². The van der Waals surface area contributed by atoms with Crippen molar-refractivity contribution in [3.8, 4) is 0 Å². The second-order valence-electron chi connectivity index (χ2n) is 9.31. The Kier molecular flexibility index (Phi) is 7.02. The number of aliphatic hydroxyl groups excluding tert-OH is 1. The molecule has 0 bridgehead atoms. The van der Waals surface area contributed by atoms with Crippen LogP contribution in [0.5, 0.6) is 0 Å². The average Bonchev–Trinajstić information content (AvgIpc) is 3.10. The standard InChI is InChI=1S/C22H35N3O5S/c26-20-15-25(31(28,29)19-7-3-1-4-8-19)18-22(20,27)16-23-21(9-5-2-6-10-21)17-24-11-13-30-14-12-24/h1,3-4,7-8,20,23,26-27H,2,5-6,9-18H2/t20-,22+/m1/s1. The van der Waals surface area contributed by atoms with Crippen LogP contribution in [-0.2, 0) is 14.8 Å². The van der Waals surface area contributed by atoms with E-state index in [1.807, 2.05) is 0 Å². The van der Waals surface area contributed by atoms with Crippen LogP contribution in [0.4, 0.5) is 0 Å². The van der Waals surface area contributed by atoms with Crippen molar-refractivity contribution in [3.05, 3.63) is 30.3 Å². The number of hydrogen-bond donors (Lipinski definition) is 3. The monoisotopic (exact) mass is 453 g/mol. The molecule has 9 heteroatoms. The third kappa shape index (κ3) is 5.13. The van der Waals surface area contributed by atoms with E-state index in [9.17, 15) is 18.6 Å². The highest BCUT2D eigenvalue weighted by Crippen LogP contribution is 2.32. The van der Waals surface area contributed by atoms with E-state index in [4.69, 9.17) is 4.74 Å². The number of benzene rings is 1. The predicted molar refractivity (Wildman–Crippen MR) is 117 cm³/mol. The van der Waals surface area contributed by atoms with E-state index in [1.54, 1.807) is 18.2 Å². The molecule has 8 nitrogen and oxygen atoms in total. The number of nitrogens with one attached hydrogen (secondary N) is 1. The molecule has 31 heavy (non-hydrogen) atoms. The molecule has 0 spiro atoms. The zero-order chi connectivity index (χ0) is 22.0. The molecule has 1 aromatic rings. The summed E-state index contributed by atoms with van der Waals surface area (Å²) in [7, 11) is -3.76. The predicted octanol–water partition coefficient (Wildman–Crippen LogP) is 0.408. The lowest BCUT2D eigenvalue weighted by Gasteiger charge is -2.44. The quantitative estimate of drug-likeness (QED) is 0.550. The number of rotatable bonds is 7. The van der Waals surface area contributed by atoms with Gasteiger partial charge in [-0.25, -0.2) is 8.42 Å². The van der Waals surface area contributed by atoms with Crippen molar-refractivity contribution < 1.29 is 23.4 Å². The van der Waals surface area contributed by atoms with Crippen LogP contribution in [0.1, 0.15) is 32.1 Å². The van der Waals surface area contributed by atoms with E-state index >= 15 is 0 Å². The van der Waals surface area contributed by atoms with Crippen molar-refractivity contribution in [1.82, 2.24) is 14.5 Å². The lowest BCUT2D eigenvalue weighted by Crippen LogP contribution is -2.61. The molecule has 1 aromatic carbocycles. The summed E-state index contributed by atoms with van der Waals surface area (Å²) in [6, 6.07) is 8.18. The van der Waals surface area contributed by atoms with E-state index in [-0.39, 0.29) is 30.1 Å². The van der Waals surface area contributed by atoms with Crippen LogP contribution in [0.3, 0.4) is 0 Å². The Morgan fingerprint density at radius 2 is 1.77 bits per heavy atom. The van der Waals surface area contributed by atoms with Crippen LogP contribution in [0.25, 0.3) is 0 Å². The molecule has 2 saturated heterocycles. The highest BCUT2D eigenvalue weighted by atomic mass is 32.2. The van der Waals surface area contributed by atoms with Gasteiger partial charge in [0, 0.05) is 44.8 Å². The summed E-state index contributed by atoms with van der Waals surface area (Å²) in [5.74, 6) is 0. The molecule has 2 heterocycles. The Labute approximate surface area is 185 Å². The first-order chi connectivity index (χ1) is 14.8. The van der Waals surface area contributed by atoms with Crippen molar-refractivity contribution in [3.63, 3.8) is 0 Å². The zero-order valence-corrected chi connectivity index (χ0v) is 18.9. The third-order valence-electron chi connectivity index (χ3n) is 7.04. The molecule has 0 amide bonds. The Morgan fingerprint density at radius 1 is 1.10 bits per heavy atom. The molecule has 3 fully saturated rings. The molecule has 2 aliphatic heterocycles. The average molecular weight is 454 g/mol. The van der Waals surface area contributed by atoms with Crippen molar-refractivity contribution in [2.24, 2.45) is 0 Å². The molecule has 174 valence electrons. The number of β-amino-alcohol motifs (C(OH)–C–C–N with tert-alkyl or cyclic N) is 2. The zero-order valence-electron chi connectivity index (χ0n) is 18.1. The Bertz CT molecular complexity index is 825. The number of nitrogens with zero attached hydrogens (tertiary/aromatic N) is 2.